The van der Waals surface area contributed by atoms with Crippen molar-refractivity contribution in [2.45, 2.75) is 84.0 Å². The molecule has 0 atom stereocenters. The van der Waals surface area contributed by atoms with Crippen molar-refractivity contribution >= 4 is 63.5 Å². The van der Waals surface area contributed by atoms with Crippen molar-refractivity contribution in [2.75, 3.05) is 0 Å². The van der Waals surface area contributed by atoms with E-state index in [1.165, 1.54) is 44.9 Å². The largest absolute Gasteiger partial charge is 2.00 e. The molecule has 0 unspecified atom stereocenters. The summed E-state index contributed by atoms with van der Waals surface area (Å²) in [6, 6.07) is 0. The SMILES string of the molecule is CCCCC/C=C\C/C=C\CCCCCCCC(=O)O.OP(O)O.[Ba+2].[H-].[H-]. The van der Waals surface area contributed by atoms with Gasteiger partial charge in [-0.15, -0.1) is 0 Å². The van der Waals surface area contributed by atoms with Gasteiger partial charge in [-0.2, -0.15) is 0 Å². The van der Waals surface area contributed by atoms with Crippen molar-refractivity contribution in [2.24, 2.45) is 0 Å². The van der Waals surface area contributed by atoms with Crippen LogP contribution in [0.4, 0.5) is 0 Å². The molecular weight excluding hydrogens is 464 g/mol. The third kappa shape index (κ3) is 40.7. The minimum Gasteiger partial charge on any atom is -1.00 e. The molecule has 0 aromatic rings. The summed E-state index contributed by atoms with van der Waals surface area (Å²) in [6.07, 6.45) is 22.3. The number of allylic oxidation sites excluding steroid dienone is 4. The molecular formula is C18H37BaO5P. The maximum Gasteiger partial charge on any atom is 2.00 e. The van der Waals surface area contributed by atoms with Gasteiger partial charge in [0, 0.05) is 6.42 Å². The summed E-state index contributed by atoms with van der Waals surface area (Å²) in [5, 5.41) is 8.50. The summed E-state index contributed by atoms with van der Waals surface area (Å²) in [5.41, 5.74) is 0. The molecule has 146 valence electrons. The van der Waals surface area contributed by atoms with E-state index in [-0.39, 0.29) is 51.7 Å². The Morgan fingerprint density at radius 1 is 0.840 bits per heavy atom. The van der Waals surface area contributed by atoms with E-state index in [0.29, 0.717) is 6.42 Å². The van der Waals surface area contributed by atoms with Crippen LogP contribution < -0.4 is 0 Å². The van der Waals surface area contributed by atoms with Gasteiger partial charge in [0.25, 0.3) is 0 Å². The molecule has 0 saturated carbocycles. The summed E-state index contributed by atoms with van der Waals surface area (Å²) < 4.78 is 0. The predicted molar refractivity (Wildman–Crippen MR) is 109 cm³/mol. The fraction of sp³-hybridized carbons (Fsp3) is 0.722. The zero-order valence-corrected chi connectivity index (χ0v) is 21.0. The van der Waals surface area contributed by atoms with Gasteiger partial charge in [-0.05, 0) is 38.5 Å². The van der Waals surface area contributed by atoms with Crippen LogP contribution >= 0.6 is 8.60 Å². The zero-order valence-electron chi connectivity index (χ0n) is 17.6. The molecule has 0 aromatic heterocycles. The fourth-order valence-corrected chi connectivity index (χ4v) is 2.09. The van der Waals surface area contributed by atoms with Gasteiger partial charge in [0.1, 0.15) is 0 Å². The van der Waals surface area contributed by atoms with Crippen LogP contribution in [-0.4, -0.2) is 74.6 Å². The first-order chi connectivity index (χ1) is 11.5. The molecule has 5 nitrogen and oxygen atoms in total. The van der Waals surface area contributed by atoms with E-state index in [9.17, 15) is 4.79 Å². The van der Waals surface area contributed by atoms with Crippen LogP contribution in [0.5, 0.6) is 0 Å². The van der Waals surface area contributed by atoms with Gasteiger partial charge in [0.05, 0.1) is 0 Å². The zero-order chi connectivity index (χ0) is 18.5. The average Bonchev–Trinajstić information content (AvgIpc) is 2.50. The number of carbonyl (C=O) groups is 1. The summed E-state index contributed by atoms with van der Waals surface area (Å²) in [7, 11) is -2.62. The minimum atomic E-state index is -2.62. The summed E-state index contributed by atoms with van der Waals surface area (Å²) in [5.74, 6) is -0.671. The van der Waals surface area contributed by atoms with Gasteiger partial charge in [-0.3, -0.25) is 4.79 Å². The van der Waals surface area contributed by atoms with Gasteiger partial charge in [-0.25, -0.2) is 0 Å². The molecule has 25 heavy (non-hydrogen) atoms. The Bertz CT molecular complexity index is 330. The second kappa shape index (κ2) is 27.1. The number of hydrogen-bond donors (Lipinski definition) is 4. The molecule has 0 saturated heterocycles. The van der Waals surface area contributed by atoms with E-state index >= 15 is 0 Å². The Balaban J connectivity index is -0.000000209. The van der Waals surface area contributed by atoms with E-state index in [2.05, 4.69) is 31.2 Å². The Morgan fingerprint density at radius 2 is 1.28 bits per heavy atom. The number of carboxylic acids is 1. The molecule has 0 heterocycles. The third-order valence-electron chi connectivity index (χ3n) is 3.34. The Labute approximate surface area is 197 Å². The van der Waals surface area contributed by atoms with Crippen molar-refractivity contribution in [3.8, 4) is 0 Å². The van der Waals surface area contributed by atoms with Crippen LogP contribution in [0.2, 0.25) is 0 Å². The molecule has 0 aromatic carbocycles. The van der Waals surface area contributed by atoms with Gasteiger partial charge < -0.3 is 22.6 Å². The van der Waals surface area contributed by atoms with Gasteiger partial charge in [-0.1, -0.05) is 63.3 Å². The smallest absolute Gasteiger partial charge is 1.00 e. The molecule has 0 aliphatic carbocycles. The first-order valence-electron chi connectivity index (χ1n) is 8.89. The number of unbranched alkanes of at least 4 members (excludes halogenated alkanes) is 8. The second-order valence-corrected chi connectivity index (χ2v) is 6.18. The molecule has 0 bridgehead atoms. The molecule has 0 rings (SSSR count). The van der Waals surface area contributed by atoms with Gasteiger partial charge in [0.2, 0.25) is 0 Å². The molecule has 0 spiro atoms. The Hall–Kier alpha value is 0.831. The van der Waals surface area contributed by atoms with E-state index < -0.39 is 14.6 Å². The van der Waals surface area contributed by atoms with Gasteiger partial charge in [0.15, 0.2) is 0 Å². The topological polar surface area (TPSA) is 98.0 Å². The average molecular weight is 502 g/mol. The van der Waals surface area contributed by atoms with E-state index in [0.717, 1.165) is 25.7 Å². The van der Waals surface area contributed by atoms with Crippen LogP contribution in [0, 0.1) is 0 Å². The van der Waals surface area contributed by atoms with Crippen molar-refractivity contribution in [3.05, 3.63) is 24.3 Å². The Morgan fingerprint density at radius 3 is 1.76 bits per heavy atom. The van der Waals surface area contributed by atoms with Crippen LogP contribution in [-0.2, 0) is 4.79 Å². The third-order valence-corrected chi connectivity index (χ3v) is 3.34. The number of hydrogen-bond acceptors (Lipinski definition) is 4. The summed E-state index contributed by atoms with van der Waals surface area (Å²) in [4.78, 5) is 32.0. The van der Waals surface area contributed by atoms with E-state index in [1.807, 2.05) is 0 Å². The minimum absolute atomic E-state index is 0. The van der Waals surface area contributed by atoms with Crippen molar-refractivity contribution in [3.63, 3.8) is 0 Å². The van der Waals surface area contributed by atoms with Gasteiger partial charge >= 0.3 is 63.5 Å². The van der Waals surface area contributed by atoms with E-state index in [4.69, 9.17) is 19.8 Å². The van der Waals surface area contributed by atoms with Crippen molar-refractivity contribution in [1.82, 2.24) is 0 Å². The first kappa shape index (κ1) is 30.6. The van der Waals surface area contributed by atoms with Crippen molar-refractivity contribution < 1.29 is 27.4 Å². The molecule has 0 radical (unpaired) electrons. The van der Waals surface area contributed by atoms with Crippen LogP contribution in [0.3, 0.4) is 0 Å². The predicted octanol–water partition coefficient (Wildman–Crippen LogP) is 4.92. The number of aliphatic carboxylic acids is 1. The number of rotatable bonds is 14. The molecule has 0 fully saturated rings. The Kier molecular flexibility index (Phi) is 33.1. The number of carboxylic acid groups (broad SMARTS) is 1. The van der Waals surface area contributed by atoms with Crippen LogP contribution in [0.1, 0.15) is 86.8 Å². The summed E-state index contributed by atoms with van der Waals surface area (Å²) >= 11 is 0. The molecule has 4 N–H and O–H groups in total. The first-order valence-corrected chi connectivity index (χ1v) is 10.1. The standard InChI is InChI=1S/C18H32O2.Ba.H3O3P.2H/c1-2-3-4-5-6-7-8-9-10-11-12-13-14-15-16-17-18(19)20;;1-4(2)3;;/h6-7,9-10H,2-5,8,11-17H2,1H3,(H,19,20);;1-3H;;/q;+2;;2*-1/b7-6-,10-9-;;;;. The molecule has 0 aliphatic heterocycles. The summed E-state index contributed by atoms with van der Waals surface area (Å²) in [6.45, 7) is 2.23. The van der Waals surface area contributed by atoms with E-state index in [1.54, 1.807) is 0 Å². The normalized spacial score (nSPS) is 10.8. The quantitative estimate of drug-likeness (QED) is 0.117. The molecule has 0 aliphatic rings. The fourth-order valence-electron chi connectivity index (χ4n) is 2.09. The maximum atomic E-state index is 10.3. The van der Waals surface area contributed by atoms with Crippen LogP contribution in [0.25, 0.3) is 0 Å². The molecule has 0 amide bonds. The monoisotopic (exact) mass is 502 g/mol. The van der Waals surface area contributed by atoms with Crippen molar-refractivity contribution in [1.29, 1.82) is 0 Å². The maximum absolute atomic E-state index is 10.3. The molecule has 7 heteroatoms. The van der Waals surface area contributed by atoms with Crippen LogP contribution in [0.15, 0.2) is 24.3 Å². The second-order valence-electron chi connectivity index (χ2n) is 5.64.